The third kappa shape index (κ3) is 10.2. The number of rotatable bonds is 18. The molecule has 0 spiro atoms. The largest absolute Gasteiger partial charge is 0.460 e. The fourth-order valence-corrected chi connectivity index (χ4v) is 15.0. The minimum Gasteiger partial charge on any atom is -0.413 e. The van der Waals surface area contributed by atoms with Crippen molar-refractivity contribution in [2.75, 3.05) is 19.6 Å². The van der Waals surface area contributed by atoms with E-state index < -0.39 is 23.0 Å². The highest BCUT2D eigenvalue weighted by atomic mass is 31.3. The van der Waals surface area contributed by atoms with Gasteiger partial charge in [-0.1, -0.05) is 123 Å². The summed E-state index contributed by atoms with van der Waals surface area (Å²) in [5.41, 5.74) is 20.8. The number of hydrogen-bond acceptors (Lipinski definition) is 12. The molecule has 12 nitrogen and oxygen atoms in total. The fraction of sp³-hybridized carbons (Fsp3) is 0.143. The summed E-state index contributed by atoms with van der Waals surface area (Å²) in [5.74, 6) is 2.68. The summed E-state index contributed by atoms with van der Waals surface area (Å²) in [6.45, 7) is 1.12. The van der Waals surface area contributed by atoms with Crippen molar-refractivity contribution in [3.05, 3.63) is 180 Å². The number of para-hydroxylation sites is 6. The van der Waals surface area contributed by atoms with Gasteiger partial charge >= 0.3 is 23.0 Å². The molecule has 1 aliphatic rings. The normalized spacial score (nSPS) is 19.8. The van der Waals surface area contributed by atoms with Gasteiger partial charge in [-0.15, -0.1) is 0 Å². The van der Waals surface area contributed by atoms with Gasteiger partial charge in [-0.3, -0.25) is 0 Å². The van der Waals surface area contributed by atoms with Gasteiger partial charge in [0.1, 0.15) is 34.5 Å². The highest BCUT2D eigenvalue weighted by molar-refractivity contribution is 7.79. The Morgan fingerprint density at radius 1 is 0.316 bits per heavy atom. The highest BCUT2D eigenvalue weighted by Gasteiger charge is 2.49. The first-order valence-electron chi connectivity index (χ1n) is 18.5. The second kappa shape index (κ2) is 18.8. The molecule has 1 heterocycles. The Morgan fingerprint density at radius 3 is 0.825 bits per heavy atom. The standard InChI is InChI=1S/C42H45N6O6P3/c43-31-28-34-16-10-13-25-40(34)52-55(49-37-19-4-1-5-20-37)46-56(50-38-21-6-2-7-22-38,53-41-26-14-11-17-35(41)29-32-44)48-57(47-55,51-39-23-8-3-9-24-39)54-42-27-15-12-18-36(42)30-33-45/h1-27H,28-33,43-45H2. The Morgan fingerprint density at radius 2 is 0.561 bits per heavy atom. The first kappa shape index (κ1) is 39.9. The Hall–Kier alpha value is -5.31. The zero-order valence-corrected chi connectivity index (χ0v) is 33.9. The van der Waals surface area contributed by atoms with Crippen molar-refractivity contribution < 1.29 is 27.1 Å². The van der Waals surface area contributed by atoms with Crippen LogP contribution in [0.4, 0.5) is 0 Å². The fourth-order valence-electron chi connectivity index (χ4n) is 5.86. The summed E-state index contributed by atoms with van der Waals surface area (Å²) < 4.78 is 58.2. The summed E-state index contributed by atoms with van der Waals surface area (Å²) >= 11 is 0. The first-order valence-corrected chi connectivity index (χ1v) is 23.1. The molecule has 0 saturated carbocycles. The van der Waals surface area contributed by atoms with E-state index in [-0.39, 0.29) is 0 Å². The van der Waals surface area contributed by atoms with Gasteiger partial charge in [0.2, 0.25) is 0 Å². The molecule has 6 aromatic rings. The molecule has 1 aliphatic heterocycles. The summed E-state index contributed by atoms with van der Waals surface area (Å²) in [6, 6.07) is 50.3. The zero-order chi connectivity index (χ0) is 39.4. The summed E-state index contributed by atoms with van der Waals surface area (Å²) in [7, 11) is -12.2. The van der Waals surface area contributed by atoms with Crippen LogP contribution in [0.2, 0.25) is 0 Å². The van der Waals surface area contributed by atoms with Crippen LogP contribution in [0.5, 0.6) is 34.5 Å². The molecule has 15 heteroatoms. The first-order chi connectivity index (χ1) is 27.9. The molecule has 0 fully saturated rings. The monoisotopic (exact) mass is 822 g/mol. The van der Waals surface area contributed by atoms with Gasteiger partial charge in [-0.25, -0.2) is 0 Å². The molecule has 0 aliphatic carbocycles. The molecular formula is C42H45N6O6P3. The van der Waals surface area contributed by atoms with E-state index in [4.69, 9.17) is 57.9 Å². The second-order valence-electron chi connectivity index (χ2n) is 12.7. The third-order valence-electron chi connectivity index (χ3n) is 8.39. The molecule has 0 aromatic heterocycles. The molecule has 57 heavy (non-hydrogen) atoms. The maximum Gasteiger partial charge on any atom is 0.460 e. The molecular weight excluding hydrogens is 777 g/mol. The summed E-state index contributed by atoms with van der Waals surface area (Å²) in [6.07, 6.45) is 1.54. The maximum atomic E-state index is 7.08. The smallest absolute Gasteiger partial charge is 0.413 e. The van der Waals surface area contributed by atoms with E-state index in [1.54, 1.807) is 36.4 Å². The molecule has 6 N–H and O–H groups in total. The number of nitrogens with zero attached hydrogens (tertiary/aromatic N) is 3. The van der Waals surface area contributed by atoms with Gasteiger partial charge in [0.05, 0.1) is 0 Å². The second-order valence-corrected chi connectivity index (χ2v) is 18.9. The Labute approximate surface area is 333 Å². The molecule has 0 bridgehead atoms. The van der Waals surface area contributed by atoms with Crippen LogP contribution in [0.3, 0.4) is 0 Å². The van der Waals surface area contributed by atoms with Crippen molar-refractivity contribution in [2.24, 2.45) is 30.7 Å². The maximum absolute atomic E-state index is 7.08. The van der Waals surface area contributed by atoms with Crippen LogP contribution in [0.15, 0.2) is 177 Å². The minimum atomic E-state index is -4.07. The molecule has 6 aromatic carbocycles. The quantitative estimate of drug-likeness (QED) is 0.0714. The van der Waals surface area contributed by atoms with Gasteiger partial charge in [0.15, 0.2) is 0 Å². The van der Waals surface area contributed by atoms with Crippen LogP contribution in [-0.2, 0) is 19.3 Å². The Kier molecular flexibility index (Phi) is 13.1. The van der Waals surface area contributed by atoms with E-state index in [1.165, 1.54) is 0 Å². The van der Waals surface area contributed by atoms with Crippen LogP contribution < -0.4 is 44.3 Å². The van der Waals surface area contributed by atoms with Crippen LogP contribution in [0.25, 0.3) is 0 Å². The van der Waals surface area contributed by atoms with Crippen molar-refractivity contribution in [2.45, 2.75) is 19.3 Å². The predicted octanol–water partition coefficient (Wildman–Crippen LogP) is 10.8. The molecule has 0 unspecified atom stereocenters. The number of benzene rings is 6. The SMILES string of the molecule is NCCc1ccccc1OP1(Oc2ccccc2)=NP(Oc2ccccc2)(Oc2ccccc2CCN)=NP(Oc2ccccc2)(Oc2ccccc2CCN)=N1. The van der Waals surface area contributed by atoms with Crippen molar-refractivity contribution in [1.82, 2.24) is 0 Å². The van der Waals surface area contributed by atoms with Gasteiger partial charge in [-0.2, -0.15) is 0 Å². The topological polar surface area (TPSA) is 171 Å². The Bertz CT molecular complexity index is 2140. The number of hydrogen-bond donors (Lipinski definition) is 3. The van der Waals surface area contributed by atoms with Gasteiger partial charge in [0.25, 0.3) is 0 Å². The van der Waals surface area contributed by atoms with Gasteiger partial charge in [0, 0.05) is 0 Å². The van der Waals surface area contributed by atoms with Crippen LogP contribution in [0.1, 0.15) is 16.7 Å². The molecule has 0 radical (unpaired) electrons. The van der Waals surface area contributed by atoms with Crippen LogP contribution in [-0.4, -0.2) is 19.6 Å². The van der Waals surface area contributed by atoms with E-state index in [0.717, 1.165) is 16.7 Å². The Balaban J connectivity index is 1.60. The van der Waals surface area contributed by atoms with E-state index >= 15 is 0 Å². The summed E-state index contributed by atoms with van der Waals surface area (Å²) in [5, 5.41) is 0. The van der Waals surface area contributed by atoms with Crippen LogP contribution >= 0.6 is 23.0 Å². The van der Waals surface area contributed by atoms with E-state index in [1.807, 2.05) is 127 Å². The lowest BCUT2D eigenvalue weighted by atomic mass is 10.1. The zero-order valence-electron chi connectivity index (χ0n) is 31.2. The molecule has 0 atom stereocenters. The molecule has 7 rings (SSSR count). The van der Waals surface area contributed by atoms with Gasteiger partial charge < -0.3 is 44.3 Å². The average molecular weight is 823 g/mol. The van der Waals surface area contributed by atoms with Gasteiger partial charge in [-0.05, 0) is 110 Å². The highest BCUT2D eigenvalue weighted by Crippen LogP contribution is 2.78. The lowest BCUT2D eigenvalue weighted by Gasteiger charge is -2.33. The van der Waals surface area contributed by atoms with Crippen molar-refractivity contribution >= 4 is 23.0 Å². The minimum absolute atomic E-state index is 0.374. The molecule has 0 amide bonds. The van der Waals surface area contributed by atoms with Crippen molar-refractivity contribution in [3.63, 3.8) is 0 Å². The van der Waals surface area contributed by atoms with Crippen LogP contribution in [0, 0.1) is 0 Å². The predicted molar refractivity (Wildman–Crippen MR) is 229 cm³/mol. The summed E-state index contributed by atoms with van der Waals surface area (Å²) in [4.78, 5) is 0. The van der Waals surface area contributed by atoms with Crippen molar-refractivity contribution in [3.8, 4) is 34.5 Å². The lowest BCUT2D eigenvalue weighted by Crippen LogP contribution is -2.13. The average Bonchev–Trinajstić information content (AvgIpc) is 3.21. The lowest BCUT2D eigenvalue weighted by molar-refractivity contribution is 0.440. The molecule has 294 valence electrons. The third-order valence-corrected chi connectivity index (χ3v) is 16.5. The molecule has 0 saturated heterocycles. The van der Waals surface area contributed by atoms with E-state index in [9.17, 15) is 0 Å². The van der Waals surface area contributed by atoms with E-state index in [2.05, 4.69) is 0 Å². The number of nitrogens with two attached hydrogens (primary N) is 3. The van der Waals surface area contributed by atoms with E-state index in [0.29, 0.717) is 73.4 Å². The van der Waals surface area contributed by atoms with Crippen molar-refractivity contribution in [1.29, 1.82) is 0 Å².